The molecule has 1 aliphatic heterocycles. The standard InChI is InChI=1S/C13H8F3NO3S2/c14-13(15,16)8-3-1-2-7(4-8)5-9-11(20)17(6-10(18)19)12(21)22-9/h1-5H,6H2,(H,18,19)/p-1/b9-5-. The lowest BCUT2D eigenvalue weighted by Crippen LogP contribution is -2.40. The molecular formula is C13H7F3NO3S2-. The van der Waals surface area contributed by atoms with E-state index in [1.54, 1.807) is 0 Å². The largest absolute Gasteiger partial charge is 0.548 e. The summed E-state index contributed by atoms with van der Waals surface area (Å²) >= 11 is 5.70. The molecule has 1 amide bonds. The normalized spacial score (nSPS) is 17.4. The predicted molar refractivity (Wildman–Crippen MR) is 76.3 cm³/mol. The number of amides is 1. The molecule has 0 aromatic heterocycles. The number of aliphatic carboxylic acids is 1. The fourth-order valence-electron chi connectivity index (χ4n) is 1.72. The summed E-state index contributed by atoms with van der Waals surface area (Å²) in [5.41, 5.74) is -0.671. The van der Waals surface area contributed by atoms with Crippen LogP contribution >= 0.6 is 24.0 Å². The van der Waals surface area contributed by atoms with Crippen molar-refractivity contribution in [2.45, 2.75) is 6.18 Å². The smallest absolute Gasteiger partial charge is 0.416 e. The zero-order valence-corrected chi connectivity index (χ0v) is 12.3. The first kappa shape index (κ1) is 16.5. The van der Waals surface area contributed by atoms with Crippen molar-refractivity contribution in [3.63, 3.8) is 0 Å². The van der Waals surface area contributed by atoms with Crippen molar-refractivity contribution in [2.24, 2.45) is 0 Å². The number of hydrogen-bond donors (Lipinski definition) is 0. The number of benzene rings is 1. The number of alkyl halides is 3. The van der Waals surface area contributed by atoms with Crippen LogP contribution in [0.1, 0.15) is 11.1 Å². The van der Waals surface area contributed by atoms with Gasteiger partial charge in [-0.05, 0) is 23.8 Å². The van der Waals surface area contributed by atoms with Crippen LogP contribution in [0.5, 0.6) is 0 Å². The van der Waals surface area contributed by atoms with Crippen molar-refractivity contribution in [3.8, 4) is 0 Å². The number of carbonyl (C=O) groups is 2. The van der Waals surface area contributed by atoms with Crippen LogP contribution in [0.4, 0.5) is 13.2 Å². The second-order valence-corrected chi connectivity index (χ2v) is 5.94. The van der Waals surface area contributed by atoms with Gasteiger partial charge in [0.15, 0.2) is 0 Å². The van der Waals surface area contributed by atoms with Gasteiger partial charge in [-0.2, -0.15) is 13.2 Å². The first-order valence-corrected chi connectivity index (χ1v) is 7.03. The van der Waals surface area contributed by atoms with Crippen LogP contribution in [-0.4, -0.2) is 27.6 Å². The zero-order chi connectivity index (χ0) is 16.5. The summed E-state index contributed by atoms with van der Waals surface area (Å²) in [5, 5.41) is 10.5. The molecule has 1 heterocycles. The number of carboxylic acid groups (broad SMARTS) is 1. The molecule has 1 aromatic rings. The van der Waals surface area contributed by atoms with E-state index in [0.29, 0.717) is 0 Å². The Labute approximate surface area is 132 Å². The van der Waals surface area contributed by atoms with Crippen LogP contribution in [0, 0.1) is 0 Å². The summed E-state index contributed by atoms with van der Waals surface area (Å²) in [5.74, 6) is -2.15. The lowest BCUT2D eigenvalue weighted by atomic mass is 10.1. The highest BCUT2D eigenvalue weighted by molar-refractivity contribution is 8.26. The van der Waals surface area contributed by atoms with Crippen LogP contribution in [0.2, 0.25) is 0 Å². The molecule has 2 rings (SSSR count). The molecule has 0 bridgehead atoms. The van der Waals surface area contributed by atoms with E-state index in [1.807, 2.05) is 0 Å². The summed E-state index contributed by atoms with van der Waals surface area (Å²) in [6.07, 6.45) is -3.25. The van der Waals surface area contributed by atoms with Crippen molar-refractivity contribution in [2.75, 3.05) is 6.54 Å². The van der Waals surface area contributed by atoms with Gasteiger partial charge in [0.05, 0.1) is 23.0 Å². The highest BCUT2D eigenvalue weighted by Gasteiger charge is 2.33. The molecule has 0 saturated carbocycles. The van der Waals surface area contributed by atoms with Gasteiger partial charge in [-0.1, -0.05) is 36.1 Å². The molecule has 9 heteroatoms. The Morgan fingerprint density at radius 3 is 2.68 bits per heavy atom. The third kappa shape index (κ3) is 3.66. The van der Waals surface area contributed by atoms with E-state index in [1.165, 1.54) is 18.2 Å². The number of halogens is 3. The molecule has 4 nitrogen and oxygen atoms in total. The van der Waals surface area contributed by atoms with Crippen LogP contribution in [0.3, 0.4) is 0 Å². The van der Waals surface area contributed by atoms with Crippen LogP contribution in [-0.2, 0) is 15.8 Å². The number of nitrogens with zero attached hydrogens (tertiary/aromatic N) is 1. The number of rotatable bonds is 3. The second kappa shape index (κ2) is 6.09. The Morgan fingerprint density at radius 2 is 2.09 bits per heavy atom. The van der Waals surface area contributed by atoms with E-state index in [0.717, 1.165) is 28.8 Å². The van der Waals surface area contributed by atoms with Gasteiger partial charge in [0.1, 0.15) is 4.32 Å². The quantitative estimate of drug-likeness (QED) is 0.615. The first-order valence-electron chi connectivity index (χ1n) is 5.81. The van der Waals surface area contributed by atoms with Gasteiger partial charge in [0.25, 0.3) is 5.91 Å². The average molecular weight is 346 g/mol. The van der Waals surface area contributed by atoms with Gasteiger partial charge in [-0.3, -0.25) is 9.69 Å². The Balaban J connectivity index is 2.29. The molecule has 0 N–H and O–H groups in total. The van der Waals surface area contributed by atoms with Crippen LogP contribution < -0.4 is 5.11 Å². The molecule has 1 aromatic carbocycles. The molecule has 1 aliphatic rings. The van der Waals surface area contributed by atoms with Gasteiger partial charge in [-0.25, -0.2) is 0 Å². The molecule has 1 saturated heterocycles. The van der Waals surface area contributed by atoms with Crippen LogP contribution in [0.25, 0.3) is 6.08 Å². The van der Waals surface area contributed by atoms with E-state index in [2.05, 4.69) is 0 Å². The minimum Gasteiger partial charge on any atom is -0.548 e. The van der Waals surface area contributed by atoms with Gasteiger partial charge in [0, 0.05) is 0 Å². The monoisotopic (exact) mass is 346 g/mol. The van der Waals surface area contributed by atoms with Crippen molar-refractivity contribution >= 4 is 46.3 Å². The highest BCUT2D eigenvalue weighted by atomic mass is 32.2. The number of carboxylic acids is 1. The molecule has 0 unspecified atom stereocenters. The molecule has 1 fully saturated rings. The maximum absolute atomic E-state index is 12.6. The minimum atomic E-state index is -4.49. The molecule has 116 valence electrons. The molecule has 0 atom stereocenters. The second-order valence-electron chi connectivity index (χ2n) is 4.26. The van der Waals surface area contributed by atoms with E-state index < -0.39 is 30.2 Å². The lowest BCUT2D eigenvalue weighted by molar-refractivity contribution is -0.305. The van der Waals surface area contributed by atoms with E-state index >= 15 is 0 Å². The summed E-state index contributed by atoms with van der Waals surface area (Å²) in [6.45, 7) is -0.690. The molecule has 22 heavy (non-hydrogen) atoms. The highest BCUT2D eigenvalue weighted by Crippen LogP contribution is 2.34. The molecular weight excluding hydrogens is 339 g/mol. The predicted octanol–water partition coefficient (Wildman–Crippen LogP) is 1.66. The topological polar surface area (TPSA) is 60.4 Å². The summed E-state index contributed by atoms with van der Waals surface area (Å²) in [6, 6.07) is 4.43. The lowest BCUT2D eigenvalue weighted by Gasteiger charge is -2.14. The Bertz CT molecular complexity index is 685. The van der Waals surface area contributed by atoms with Gasteiger partial charge in [0.2, 0.25) is 0 Å². The van der Waals surface area contributed by atoms with Crippen molar-refractivity contribution in [3.05, 3.63) is 40.3 Å². The average Bonchev–Trinajstić information content (AvgIpc) is 2.65. The fourth-order valence-corrected chi connectivity index (χ4v) is 2.98. The van der Waals surface area contributed by atoms with Crippen molar-refractivity contribution in [1.29, 1.82) is 0 Å². The fraction of sp³-hybridized carbons (Fsp3) is 0.154. The minimum absolute atomic E-state index is 0.0208. The number of carbonyl (C=O) groups excluding carboxylic acids is 2. The number of thioether (sulfide) groups is 1. The third-order valence-electron chi connectivity index (χ3n) is 2.67. The Kier molecular flexibility index (Phi) is 4.57. The first-order chi connectivity index (χ1) is 10.2. The van der Waals surface area contributed by atoms with Gasteiger partial charge in [-0.15, -0.1) is 0 Å². The van der Waals surface area contributed by atoms with E-state index in [4.69, 9.17) is 12.2 Å². The maximum atomic E-state index is 12.6. The Hall–Kier alpha value is -1.87. The zero-order valence-electron chi connectivity index (χ0n) is 10.7. The third-order valence-corrected chi connectivity index (χ3v) is 4.05. The molecule has 0 spiro atoms. The van der Waals surface area contributed by atoms with Crippen molar-refractivity contribution < 1.29 is 27.9 Å². The van der Waals surface area contributed by atoms with Crippen LogP contribution in [0.15, 0.2) is 29.2 Å². The van der Waals surface area contributed by atoms with E-state index in [9.17, 15) is 27.9 Å². The SMILES string of the molecule is O=C([O-])CN1C(=O)/C(=C/c2cccc(C(F)(F)F)c2)SC1=S. The maximum Gasteiger partial charge on any atom is 0.416 e. The number of hydrogen-bond acceptors (Lipinski definition) is 5. The number of thiocarbonyl (C=S) groups is 1. The Morgan fingerprint density at radius 1 is 1.41 bits per heavy atom. The summed E-state index contributed by atoms with van der Waals surface area (Å²) < 4.78 is 37.9. The molecule has 0 aliphatic carbocycles. The van der Waals surface area contributed by atoms with Gasteiger partial charge < -0.3 is 9.90 Å². The summed E-state index contributed by atoms with van der Waals surface area (Å²) in [4.78, 5) is 23.4. The van der Waals surface area contributed by atoms with Gasteiger partial charge >= 0.3 is 6.18 Å². The molecule has 0 radical (unpaired) electrons. The van der Waals surface area contributed by atoms with Crippen molar-refractivity contribution in [1.82, 2.24) is 4.90 Å². The summed E-state index contributed by atoms with van der Waals surface area (Å²) in [7, 11) is 0. The van der Waals surface area contributed by atoms with E-state index in [-0.39, 0.29) is 14.8 Å².